The summed E-state index contributed by atoms with van der Waals surface area (Å²) in [7, 11) is 0. The first-order chi connectivity index (χ1) is 7.99. The van der Waals surface area contributed by atoms with Gasteiger partial charge in [-0.25, -0.2) is 4.98 Å². The van der Waals surface area contributed by atoms with Crippen LogP contribution >= 0.6 is 27.5 Å². The molecule has 0 saturated carbocycles. The lowest BCUT2D eigenvalue weighted by Crippen LogP contribution is -2.25. The van der Waals surface area contributed by atoms with E-state index in [0.29, 0.717) is 13.0 Å². The highest BCUT2D eigenvalue weighted by atomic mass is 79.9. The fraction of sp³-hybridized carbons (Fsp3) is 0.333. The quantitative estimate of drug-likeness (QED) is 0.475. The average molecular weight is 321 g/mol. The summed E-state index contributed by atoms with van der Waals surface area (Å²) in [4.78, 5) is 26.9. The molecule has 2 heterocycles. The minimum absolute atomic E-state index is 0.0584. The van der Waals surface area contributed by atoms with E-state index in [1.54, 1.807) is 0 Å². The Balaban J connectivity index is 2.34. The predicted molar refractivity (Wildman–Crippen MR) is 65.6 cm³/mol. The number of nitro groups is 1. The number of pyridine rings is 1. The normalized spacial score (nSPS) is 19.8. The van der Waals surface area contributed by atoms with Crippen molar-refractivity contribution in [2.45, 2.75) is 11.2 Å². The molecule has 1 amide bonds. The van der Waals surface area contributed by atoms with Crippen LogP contribution in [0.15, 0.2) is 12.3 Å². The maximum absolute atomic E-state index is 11.6. The molecule has 1 aliphatic rings. The molecule has 1 aliphatic heterocycles. The van der Waals surface area contributed by atoms with Gasteiger partial charge in [-0.1, -0.05) is 27.5 Å². The van der Waals surface area contributed by atoms with Crippen LogP contribution in [0.5, 0.6) is 0 Å². The molecule has 0 spiro atoms. The van der Waals surface area contributed by atoms with Gasteiger partial charge in [-0.2, -0.15) is 0 Å². The number of anilines is 1. The topological polar surface area (TPSA) is 76.3 Å². The van der Waals surface area contributed by atoms with Crippen molar-refractivity contribution in [2.75, 3.05) is 11.4 Å². The van der Waals surface area contributed by atoms with E-state index in [1.165, 1.54) is 11.0 Å². The molecule has 6 nitrogen and oxygen atoms in total. The van der Waals surface area contributed by atoms with Gasteiger partial charge in [0.1, 0.15) is 6.20 Å². The molecule has 0 radical (unpaired) electrons. The lowest BCUT2D eigenvalue weighted by atomic mass is 10.4. The van der Waals surface area contributed by atoms with Gasteiger partial charge in [0.2, 0.25) is 5.91 Å². The third kappa shape index (κ3) is 2.39. The average Bonchev–Trinajstić information content (AvgIpc) is 2.57. The molecule has 1 atom stereocenters. The predicted octanol–water partition coefficient (Wildman–Crippen LogP) is 2.14. The molecule has 8 heteroatoms. The monoisotopic (exact) mass is 319 g/mol. The lowest BCUT2D eigenvalue weighted by molar-refractivity contribution is -0.385. The SMILES string of the molecule is O=C1CC(Br)CN1c1ncc([N+](=O)[O-])cc1Cl. The van der Waals surface area contributed by atoms with E-state index in [1.807, 2.05) is 0 Å². The molecule has 1 saturated heterocycles. The molecular weight excluding hydrogens is 313 g/mol. The Bertz CT molecular complexity index is 496. The molecule has 1 aromatic rings. The number of hydrogen-bond donors (Lipinski definition) is 0. The smallest absolute Gasteiger partial charge is 0.289 e. The maximum Gasteiger partial charge on any atom is 0.289 e. The van der Waals surface area contributed by atoms with Crippen LogP contribution in [0.3, 0.4) is 0 Å². The number of nitrogens with zero attached hydrogens (tertiary/aromatic N) is 3. The summed E-state index contributed by atoms with van der Waals surface area (Å²) < 4.78 is 0. The fourth-order valence-electron chi connectivity index (χ4n) is 1.59. The first-order valence-electron chi connectivity index (χ1n) is 4.73. The van der Waals surface area contributed by atoms with E-state index in [9.17, 15) is 14.9 Å². The molecule has 0 bridgehead atoms. The second kappa shape index (κ2) is 4.58. The number of aromatic nitrogens is 1. The van der Waals surface area contributed by atoms with Crippen molar-refractivity contribution in [3.8, 4) is 0 Å². The lowest BCUT2D eigenvalue weighted by Gasteiger charge is -2.15. The van der Waals surface area contributed by atoms with Crippen LogP contribution in [0.25, 0.3) is 0 Å². The van der Waals surface area contributed by atoms with E-state index in [2.05, 4.69) is 20.9 Å². The van der Waals surface area contributed by atoms with Crippen LogP contribution in [-0.4, -0.2) is 27.2 Å². The van der Waals surface area contributed by atoms with Crippen LogP contribution in [0.1, 0.15) is 6.42 Å². The Kier molecular flexibility index (Phi) is 3.30. The van der Waals surface area contributed by atoms with Crippen LogP contribution in [0.2, 0.25) is 5.02 Å². The summed E-state index contributed by atoms with van der Waals surface area (Å²) in [6.07, 6.45) is 1.46. The molecule has 1 fully saturated rings. The Labute approximate surface area is 110 Å². The molecule has 1 aromatic heterocycles. The standard InChI is InChI=1S/C9H7BrClN3O3/c10-5-1-8(15)13(4-5)9-7(11)2-6(3-12-9)14(16)17/h2-3,5H,1,4H2. The van der Waals surface area contributed by atoms with Gasteiger partial charge in [0.15, 0.2) is 5.82 Å². The summed E-state index contributed by atoms with van der Waals surface area (Å²) in [6.45, 7) is 0.462. The third-order valence-electron chi connectivity index (χ3n) is 2.35. The minimum atomic E-state index is -0.582. The summed E-state index contributed by atoms with van der Waals surface area (Å²) >= 11 is 9.23. The molecule has 0 aromatic carbocycles. The Morgan fingerprint density at radius 1 is 1.65 bits per heavy atom. The van der Waals surface area contributed by atoms with Crippen molar-refractivity contribution in [1.82, 2.24) is 4.98 Å². The molecule has 0 aliphatic carbocycles. The van der Waals surface area contributed by atoms with Crippen molar-refractivity contribution in [1.29, 1.82) is 0 Å². The van der Waals surface area contributed by atoms with Gasteiger partial charge in [-0.3, -0.25) is 19.8 Å². The molecule has 90 valence electrons. The molecule has 2 rings (SSSR count). The first-order valence-corrected chi connectivity index (χ1v) is 6.03. The summed E-state index contributed by atoms with van der Waals surface area (Å²) in [5.41, 5.74) is -0.194. The van der Waals surface area contributed by atoms with Crippen molar-refractivity contribution in [3.63, 3.8) is 0 Å². The zero-order valence-electron chi connectivity index (χ0n) is 8.47. The van der Waals surface area contributed by atoms with Gasteiger partial charge in [-0.05, 0) is 0 Å². The fourth-order valence-corrected chi connectivity index (χ4v) is 2.42. The second-order valence-electron chi connectivity index (χ2n) is 3.56. The van der Waals surface area contributed by atoms with Crippen LogP contribution in [0, 0.1) is 10.1 Å². The van der Waals surface area contributed by atoms with E-state index >= 15 is 0 Å². The van der Waals surface area contributed by atoms with Crippen molar-refractivity contribution < 1.29 is 9.72 Å². The van der Waals surface area contributed by atoms with Crippen molar-refractivity contribution >= 4 is 44.9 Å². The number of carbonyl (C=O) groups is 1. The third-order valence-corrected chi connectivity index (χ3v) is 3.24. The maximum atomic E-state index is 11.6. The molecule has 0 N–H and O–H groups in total. The highest BCUT2D eigenvalue weighted by molar-refractivity contribution is 9.09. The Morgan fingerprint density at radius 2 is 2.35 bits per heavy atom. The summed E-state index contributed by atoms with van der Waals surface area (Å²) in [6, 6.07) is 1.19. The Hall–Kier alpha value is -1.21. The highest BCUT2D eigenvalue weighted by Crippen LogP contribution is 2.31. The van der Waals surface area contributed by atoms with Crippen LogP contribution in [-0.2, 0) is 4.79 Å². The molecule has 17 heavy (non-hydrogen) atoms. The second-order valence-corrected chi connectivity index (χ2v) is 5.26. The molecule has 1 unspecified atom stereocenters. The van der Waals surface area contributed by atoms with Gasteiger partial charge >= 0.3 is 0 Å². The number of carbonyl (C=O) groups excluding carboxylic acids is 1. The number of halogens is 2. The van der Waals surface area contributed by atoms with E-state index in [0.717, 1.165) is 6.20 Å². The van der Waals surface area contributed by atoms with Crippen molar-refractivity contribution in [2.24, 2.45) is 0 Å². The molecular formula is C9H7BrClN3O3. The van der Waals surface area contributed by atoms with Gasteiger partial charge in [-0.15, -0.1) is 0 Å². The number of alkyl halides is 1. The van der Waals surface area contributed by atoms with E-state index < -0.39 is 4.92 Å². The van der Waals surface area contributed by atoms with E-state index in [4.69, 9.17) is 11.6 Å². The number of hydrogen-bond acceptors (Lipinski definition) is 4. The van der Waals surface area contributed by atoms with Gasteiger partial charge < -0.3 is 0 Å². The Morgan fingerprint density at radius 3 is 2.82 bits per heavy atom. The van der Waals surface area contributed by atoms with E-state index in [-0.39, 0.29) is 27.3 Å². The highest BCUT2D eigenvalue weighted by Gasteiger charge is 2.31. The van der Waals surface area contributed by atoms with Gasteiger partial charge in [0.05, 0.1) is 9.95 Å². The van der Waals surface area contributed by atoms with Gasteiger partial charge in [0, 0.05) is 23.9 Å². The zero-order valence-corrected chi connectivity index (χ0v) is 10.8. The van der Waals surface area contributed by atoms with Crippen LogP contribution < -0.4 is 4.90 Å². The summed E-state index contributed by atoms with van der Waals surface area (Å²) in [5, 5.41) is 10.6. The first kappa shape index (κ1) is 12.3. The zero-order chi connectivity index (χ0) is 12.6. The van der Waals surface area contributed by atoms with Crippen LogP contribution in [0.4, 0.5) is 11.5 Å². The number of rotatable bonds is 2. The number of amides is 1. The van der Waals surface area contributed by atoms with Crippen molar-refractivity contribution in [3.05, 3.63) is 27.4 Å². The van der Waals surface area contributed by atoms with Gasteiger partial charge in [0.25, 0.3) is 5.69 Å². The summed E-state index contributed by atoms with van der Waals surface area (Å²) in [5.74, 6) is 0.166. The minimum Gasteiger partial charge on any atom is -0.294 e. The largest absolute Gasteiger partial charge is 0.294 e.